The van der Waals surface area contributed by atoms with Gasteiger partial charge < -0.3 is 14.5 Å². The van der Waals surface area contributed by atoms with Gasteiger partial charge in [-0.25, -0.2) is 0 Å². The maximum absolute atomic E-state index is 12.6. The quantitative estimate of drug-likeness (QED) is 0.385. The smallest absolute Gasteiger partial charge is 0.234 e. The van der Waals surface area contributed by atoms with E-state index in [0.717, 1.165) is 17.0 Å². The van der Waals surface area contributed by atoms with Gasteiger partial charge in [-0.2, -0.15) is 0 Å². The van der Waals surface area contributed by atoms with E-state index in [4.69, 9.17) is 20.8 Å². The van der Waals surface area contributed by atoms with Gasteiger partial charge in [-0.3, -0.25) is 9.36 Å². The maximum Gasteiger partial charge on any atom is 0.234 e. The minimum Gasteiger partial charge on any atom is -0.495 e. The lowest BCUT2D eigenvalue weighted by Gasteiger charge is -2.11. The summed E-state index contributed by atoms with van der Waals surface area (Å²) < 4.78 is 12.6. The van der Waals surface area contributed by atoms with Gasteiger partial charge in [0.05, 0.1) is 30.4 Å². The summed E-state index contributed by atoms with van der Waals surface area (Å²) in [5.74, 6) is 1.84. The molecule has 7 nitrogen and oxygen atoms in total. The predicted molar refractivity (Wildman–Crippen MR) is 121 cm³/mol. The van der Waals surface area contributed by atoms with Crippen molar-refractivity contribution >= 4 is 35.0 Å². The Morgan fingerprint density at radius 2 is 2.00 bits per heavy atom. The Morgan fingerprint density at radius 3 is 2.71 bits per heavy atom. The number of nitrogens with one attached hydrogen (secondary N) is 1. The molecule has 0 aliphatic rings. The van der Waals surface area contributed by atoms with Gasteiger partial charge in [-0.15, -0.1) is 10.2 Å². The average molecular weight is 455 g/mol. The molecule has 1 amide bonds. The fourth-order valence-corrected chi connectivity index (χ4v) is 3.98. The summed E-state index contributed by atoms with van der Waals surface area (Å²) in [4.78, 5) is 12.6. The zero-order chi connectivity index (χ0) is 21.8. The van der Waals surface area contributed by atoms with Gasteiger partial charge in [0.15, 0.2) is 11.0 Å². The number of carbonyl (C=O) groups excluding carboxylic acids is 1. The fourth-order valence-electron chi connectivity index (χ4n) is 3.06. The number of benzene rings is 2. The van der Waals surface area contributed by atoms with Crippen molar-refractivity contribution in [2.24, 2.45) is 0 Å². The van der Waals surface area contributed by atoms with Gasteiger partial charge in [0, 0.05) is 10.7 Å². The van der Waals surface area contributed by atoms with Crippen molar-refractivity contribution in [3.63, 3.8) is 0 Å². The van der Waals surface area contributed by atoms with Crippen LogP contribution in [0.4, 0.5) is 5.69 Å². The molecule has 31 heavy (non-hydrogen) atoms. The SMILES string of the molecule is COc1ccc(Cl)cc1NC(=O)CSc1nnc(-c2ccoc2C)n1-c1ccccc1. The first-order valence-electron chi connectivity index (χ1n) is 9.38. The second-order valence-corrected chi connectivity index (χ2v) is 7.93. The van der Waals surface area contributed by atoms with Gasteiger partial charge >= 0.3 is 0 Å². The number of aryl methyl sites for hydroxylation is 1. The van der Waals surface area contributed by atoms with Crippen molar-refractivity contribution in [3.8, 4) is 22.8 Å². The minimum absolute atomic E-state index is 0.130. The first kappa shape index (κ1) is 21.0. The van der Waals surface area contributed by atoms with Crippen molar-refractivity contribution < 1.29 is 13.9 Å². The van der Waals surface area contributed by atoms with Crippen LogP contribution in [0.5, 0.6) is 5.75 Å². The number of halogens is 1. The molecule has 0 unspecified atom stereocenters. The molecular weight excluding hydrogens is 436 g/mol. The summed E-state index contributed by atoms with van der Waals surface area (Å²) in [6, 6.07) is 16.6. The van der Waals surface area contributed by atoms with Crippen molar-refractivity contribution in [2.75, 3.05) is 18.2 Å². The van der Waals surface area contributed by atoms with Gasteiger partial charge in [-0.1, -0.05) is 41.6 Å². The standard InChI is InChI=1S/C22H19ClN4O3S/c1-14-17(10-11-30-14)21-25-26-22(27(21)16-6-4-3-5-7-16)31-13-20(28)24-18-12-15(23)8-9-19(18)29-2/h3-12H,13H2,1-2H3,(H,24,28). The van der Waals surface area contributed by atoms with E-state index in [-0.39, 0.29) is 11.7 Å². The molecule has 4 rings (SSSR count). The Kier molecular flexibility index (Phi) is 6.29. The molecule has 0 spiro atoms. The molecule has 0 bridgehead atoms. The van der Waals surface area contributed by atoms with Crippen molar-refractivity contribution in [3.05, 3.63) is 71.6 Å². The van der Waals surface area contributed by atoms with E-state index < -0.39 is 0 Å². The van der Waals surface area contributed by atoms with Crippen LogP contribution in [-0.4, -0.2) is 33.5 Å². The number of methoxy groups -OCH3 is 1. The summed E-state index contributed by atoms with van der Waals surface area (Å²) in [5.41, 5.74) is 2.25. The number of rotatable bonds is 7. The second kappa shape index (κ2) is 9.28. The summed E-state index contributed by atoms with van der Waals surface area (Å²) >= 11 is 7.33. The number of ether oxygens (including phenoxy) is 1. The van der Waals surface area contributed by atoms with Crippen LogP contribution < -0.4 is 10.1 Å². The minimum atomic E-state index is -0.214. The number of hydrogen-bond acceptors (Lipinski definition) is 6. The number of aromatic nitrogens is 3. The third kappa shape index (κ3) is 4.60. The molecule has 2 aromatic carbocycles. The predicted octanol–water partition coefficient (Wildman–Crippen LogP) is 5.23. The zero-order valence-electron chi connectivity index (χ0n) is 16.8. The summed E-state index contributed by atoms with van der Waals surface area (Å²) in [6.45, 7) is 1.87. The number of para-hydroxylation sites is 1. The van der Waals surface area contributed by atoms with E-state index in [2.05, 4.69) is 15.5 Å². The highest BCUT2D eigenvalue weighted by Gasteiger charge is 2.20. The molecule has 2 heterocycles. The first-order chi connectivity index (χ1) is 15.1. The van der Waals surface area contributed by atoms with Gasteiger partial charge in [0.1, 0.15) is 11.5 Å². The van der Waals surface area contributed by atoms with Crippen molar-refractivity contribution in [2.45, 2.75) is 12.1 Å². The molecule has 4 aromatic rings. The molecule has 158 valence electrons. The van der Waals surface area contributed by atoms with E-state index in [1.54, 1.807) is 24.5 Å². The molecule has 0 aliphatic heterocycles. The lowest BCUT2D eigenvalue weighted by Crippen LogP contribution is -2.15. The van der Waals surface area contributed by atoms with E-state index in [1.165, 1.54) is 18.9 Å². The monoisotopic (exact) mass is 454 g/mol. The van der Waals surface area contributed by atoms with Crippen LogP contribution in [0, 0.1) is 6.92 Å². The van der Waals surface area contributed by atoms with Crippen LogP contribution in [0.2, 0.25) is 5.02 Å². The number of nitrogens with zero attached hydrogens (tertiary/aromatic N) is 3. The molecule has 2 aromatic heterocycles. The number of hydrogen-bond donors (Lipinski definition) is 1. The third-order valence-electron chi connectivity index (χ3n) is 4.52. The van der Waals surface area contributed by atoms with E-state index in [1.807, 2.05) is 47.9 Å². The lowest BCUT2D eigenvalue weighted by molar-refractivity contribution is -0.113. The van der Waals surface area contributed by atoms with E-state index in [0.29, 0.717) is 27.4 Å². The van der Waals surface area contributed by atoms with Crippen LogP contribution in [0.3, 0.4) is 0 Å². The highest BCUT2D eigenvalue weighted by atomic mass is 35.5. The maximum atomic E-state index is 12.6. The van der Waals surface area contributed by atoms with Gasteiger partial charge in [0.25, 0.3) is 0 Å². The number of furan rings is 1. The number of anilines is 1. The number of amides is 1. The highest BCUT2D eigenvalue weighted by molar-refractivity contribution is 7.99. The summed E-state index contributed by atoms with van der Waals surface area (Å²) in [6.07, 6.45) is 1.62. The van der Waals surface area contributed by atoms with Crippen molar-refractivity contribution in [1.29, 1.82) is 0 Å². The fraction of sp³-hybridized carbons (Fsp3) is 0.136. The molecule has 0 aliphatic carbocycles. The lowest BCUT2D eigenvalue weighted by atomic mass is 10.2. The van der Waals surface area contributed by atoms with E-state index >= 15 is 0 Å². The summed E-state index contributed by atoms with van der Waals surface area (Å²) in [5, 5.41) is 12.6. The zero-order valence-corrected chi connectivity index (χ0v) is 18.4. The Bertz CT molecular complexity index is 1210. The molecule has 9 heteroatoms. The third-order valence-corrected chi connectivity index (χ3v) is 5.68. The van der Waals surface area contributed by atoms with Crippen LogP contribution in [0.15, 0.2) is 70.4 Å². The second-order valence-electron chi connectivity index (χ2n) is 6.55. The van der Waals surface area contributed by atoms with Crippen LogP contribution in [0.1, 0.15) is 5.76 Å². The molecule has 0 saturated carbocycles. The first-order valence-corrected chi connectivity index (χ1v) is 10.7. The molecule has 0 saturated heterocycles. The van der Waals surface area contributed by atoms with Crippen molar-refractivity contribution in [1.82, 2.24) is 14.8 Å². The van der Waals surface area contributed by atoms with Crippen LogP contribution in [-0.2, 0) is 4.79 Å². The molecule has 0 radical (unpaired) electrons. The average Bonchev–Trinajstić information content (AvgIpc) is 3.38. The molecule has 1 N–H and O–H groups in total. The number of carbonyl (C=O) groups is 1. The Balaban J connectivity index is 1.58. The van der Waals surface area contributed by atoms with Crippen LogP contribution in [0.25, 0.3) is 17.1 Å². The van der Waals surface area contributed by atoms with Gasteiger partial charge in [0.2, 0.25) is 5.91 Å². The van der Waals surface area contributed by atoms with E-state index in [9.17, 15) is 4.79 Å². The highest BCUT2D eigenvalue weighted by Crippen LogP contribution is 2.31. The molecular formula is C22H19ClN4O3S. The Labute approximate surface area is 188 Å². The Hall–Kier alpha value is -3.23. The number of thioether (sulfide) groups is 1. The molecule has 0 atom stereocenters. The normalized spacial score (nSPS) is 10.8. The Morgan fingerprint density at radius 1 is 1.19 bits per heavy atom. The summed E-state index contributed by atoms with van der Waals surface area (Å²) in [7, 11) is 1.54. The topological polar surface area (TPSA) is 82.2 Å². The van der Waals surface area contributed by atoms with Crippen LogP contribution >= 0.6 is 23.4 Å². The largest absolute Gasteiger partial charge is 0.495 e. The molecule has 0 fully saturated rings. The van der Waals surface area contributed by atoms with Gasteiger partial charge in [-0.05, 0) is 43.3 Å².